The molecule has 0 heterocycles. The molecule has 1 rings (SSSR count). The Morgan fingerprint density at radius 2 is 1.73 bits per heavy atom. The molecule has 0 saturated carbocycles. The Morgan fingerprint density at radius 3 is 2.46 bits per heavy atom. The zero-order valence-corrected chi connectivity index (χ0v) is 16.4. The van der Waals surface area contributed by atoms with Gasteiger partial charge in [0.25, 0.3) is 0 Å². The highest BCUT2D eigenvalue weighted by Gasteiger charge is 2.02. The number of allylic oxidation sites excluding steroid dienone is 3. The van der Waals surface area contributed by atoms with Gasteiger partial charge in [0.1, 0.15) is 0 Å². The molecule has 0 spiro atoms. The van der Waals surface area contributed by atoms with E-state index >= 15 is 0 Å². The summed E-state index contributed by atoms with van der Waals surface area (Å²) in [6.45, 7) is 4.82. The molecule has 26 heavy (non-hydrogen) atoms. The van der Waals surface area contributed by atoms with Crippen LogP contribution in [-0.2, 0) is 4.79 Å². The largest absolute Gasteiger partial charge is 0.504 e. The standard InChI is InChI=1S/C23H34O3/c1-3-5-6-7-8-9-10-14-21(24)15-12-11-13-20-16-17-22(25)23(19-20)26-18-4-2/h11-13,15-17,19,25H,3-10,14,18H2,1-2H3. The Balaban J connectivity index is 2.30. The van der Waals surface area contributed by atoms with Crippen LogP contribution in [0.4, 0.5) is 0 Å². The first kappa shape index (κ1) is 22.0. The van der Waals surface area contributed by atoms with E-state index in [1.807, 2.05) is 25.1 Å². The number of benzene rings is 1. The Hall–Kier alpha value is -2.03. The molecule has 144 valence electrons. The summed E-state index contributed by atoms with van der Waals surface area (Å²) >= 11 is 0. The van der Waals surface area contributed by atoms with Crippen LogP contribution in [0.25, 0.3) is 6.08 Å². The van der Waals surface area contributed by atoms with Crippen molar-refractivity contribution in [2.45, 2.75) is 71.6 Å². The Kier molecular flexibility index (Phi) is 12.0. The Labute approximate surface area is 158 Å². The second-order valence-corrected chi connectivity index (χ2v) is 6.63. The van der Waals surface area contributed by atoms with Crippen molar-refractivity contribution in [1.82, 2.24) is 0 Å². The summed E-state index contributed by atoms with van der Waals surface area (Å²) in [5.74, 6) is 0.824. The highest BCUT2D eigenvalue weighted by Crippen LogP contribution is 2.27. The van der Waals surface area contributed by atoms with Gasteiger partial charge in [0.05, 0.1) is 6.61 Å². The normalized spacial score (nSPS) is 11.5. The maximum Gasteiger partial charge on any atom is 0.161 e. The smallest absolute Gasteiger partial charge is 0.161 e. The van der Waals surface area contributed by atoms with Gasteiger partial charge in [-0.25, -0.2) is 0 Å². The SMILES string of the molecule is CCCCCCCCCC(=O)C=CC=Cc1ccc(O)c(OCCC)c1. The molecule has 0 saturated heterocycles. The maximum atomic E-state index is 11.8. The predicted octanol–water partition coefficient (Wildman–Crippen LogP) is 6.46. The Morgan fingerprint density at radius 1 is 1.00 bits per heavy atom. The molecule has 0 aromatic heterocycles. The maximum absolute atomic E-state index is 11.8. The van der Waals surface area contributed by atoms with Gasteiger partial charge in [-0.2, -0.15) is 0 Å². The van der Waals surface area contributed by atoms with Gasteiger partial charge in [0.2, 0.25) is 0 Å². The third kappa shape index (κ3) is 10.1. The van der Waals surface area contributed by atoms with Gasteiger partial charge in [-0.15, -0.1) is 0 Å². The molecule has 0 bridgehead atoms. The van der Waals surface area contributed by atoms with Gasteiger partial charge in [-0.1, -0.05) is 76.7 Å². The number of carbonyl (C=O) groups excluding carboxylic acids is 1. The molecule has 0 amide bonds. The summed E-state index contributed by atoms with van der Waals surface area (Å²) in [7, 11) is 0. The number of ketones is 1. The van der Waals surface area contributed by atoms with Crippen molar-refractivity contribution in [3.63, 3.8) is 0 Å². The van der Waals surface area contributed by atoms with Crippen LogP contribution in [0.2, 0.25) is 0 Å². The summed E-state index contributed by atoms with van der Waals surface area (Å²) in [6, 6.07) is 5.24. The molecule has 0 unspecified atom stereocenters. The zero-order valence-electron chi connectivity index (χ0n) is 16.4. The van der Waals surface area contributed by atoms with E-state index in [4.69, 9.17) is 4.74 Å². The first-order valence-electron chi connectivity index (χ1n) is 10.0. The average Bonchev–Trinajstić information content (AvgIpc) is 2.64. The lowest BCUT2D eigenvalue weighted by Crippen LogP contribution is -1.95. The molecule has 0 radical (unpaired) electrons. The quantitative estimate of drug-likeness (QED) is 0.236. The highest BCUT2D eigenvalue weighted by atomic mass is 16.5. The number of phenolic OH excluding ortho intramolecular Hbond substituents is 1. The zero-order chi connectivity index (χ0) is 19.0. The number of rotatable bonds is 14. The molecular weight excluding hydrogens is 324 g/mol. The van der Waals surface area contributed by atoms with Crippen LogP contribution < -0.4 is 4.74 Å². The van der Waals surface area contributed by atoms with Crippen LogP contribution in [0.5, 0.6) is 11.5 Å². The minimum absolute atomic E-state index is 0.149. The number of hydrogen-bond donors (Lipinski definition) is 1. The van der Waals surface area contributed by atoms with Crippen molar-refractivity contribution in [3.8, 4) is 11.5 Å². The van der Waals surface area contributed by atoms with Crippen molar-refractivity contribution in [2.75, 3.05) is 6.61 Å². The van der Waals surface area contributed by atoms with E-state index in [0.29, 0.717) is 18.8 Å². The van der Waals surface area contributed by atoms with Crippen molar-refractivity contribution >= 4 is 11.9 Å². The van der Waals surface area contributed by atoms with E-state index in [1.165, 1.54) is 32.1 Å². The highest BCUT2D eigenvalue weighted by molar-refractivity contribution is 5.89. The monoisotopic (exact) mass is 358 g/mol. The minimum atomic E-state index is 0.149. The lowest BCUT2D eigenvalue weighted by Gasteiger charge is -2.07. The number of unbranched alkanes of at least 4 members (excludes halogenated alkanes) is 6. The van der Waals surface area contributed by atoms with Crippen molar-refractivity contribution in [1.29, 1.82) is 0 Å². The molecule has 0 aliphatic heterocycles. The first-order valence-corrected chi connectivity index (χ1v) is 10.0. The predicted molar refractivity (Wildman–Crippen MR) is 110 cm³/mol. The second-order valence-electron chi connectivity index (χ2n) is 6.63. The third-order valence-electron chi connectivity index (χ3n) is 4.15. The van der Waals surface area contributed by atoms with E-state index in [-0.39, 0.29) is 11.5 Å². The van der Waals surface area contributed by atoms with Crippen molar-refractivity contribution in [3.05, 3.63) is 42.0 Å². The van der Waals surface area contributed by atoms with Gasteiger partial charge >= 0.3 is 0 Å². The molecule has 3 nitrogen and oxygen atoms in total. The minimum Gasteiger partial charge on any atom is -0.504 e. The molecule has 1 aromatic carbocycles. The molecular formula is C23H34O3. The molecule has 3 heteroatoms. The number of carbonyl (C=O) groups is 1. The second kappa shape index (κ2) is 14.2. The molecule has 1 N–H and O–H groups in total. The summed E-state index contributed by atoms with van der Waals surface area (Å²) < 4.78 is 5.50. The topological polar surface area (TPSA) is 46.5 Å². The molecule has 0 atom stereocenters. The van der Waals surface area contributed by atoms with Gasteiger partial charge in [0, 0.05) is 6.42 Å². The van der Waals surface area contributed by atoms with Gasteiger partial charge < -0.3 is 9.84 Å². The van der Waals surface area contributed by atoms with Crippen LogP contribution in [0.3, 0.4) is 0 Å². The summed E-state index contributed by atoms with van der Waals surface area (Å²) in [6.07, 6.45) is 17.3. The van der Waals surface area contributed by atoms with E-state index in [2.05, 4.69) is 6.92 Å². The third-order valence-corrected chi connectivity index (χ3v) is 4.15. The number of phenols is 1. The lowest BCUT2D eigenvalue weighted by atomic mass is 10.1. The summed E-state index contributed by atoms with van der Waals surface area (Å²) in [5, 5.41) is 9.76. The fourth-order valence-corrected chi connectivity index (χ4v) is 2.63. The Bertz CT molecular complexity index is 573. The van der Waals surface area contributed by atoms with Crippen LogP contribution in [0, 0.1) is 0 Å². The van der Waals surface area contributed by atoms with Crippen molar-refractivity contribution in [2.24, 2.45) is 0 Å². The fourth-order valence-electron chi connectivity index (χ4n) is 2.63. The number of hydrogen-bond acceptors (Lipinski definition) is 3. The van der Waals surface area contributed by atoms with Gasteiger partial charge in [-0.3, -0.25) is 4.79 Å². The summed E-state index contributed by atoms with van der Waals surface area (Å²) in [5.41, 5.74) is 0.929. The molecule has 0 aliphatic carbocycles. The van der Waals surface area contributed by atoms with Crippen LogP contribution >= 0.6 is 0 Å². The van der Waals surface area contributed by atoms with Gasteiger partial charge in [0.15, 0.2) is 17.3 Å². The number of aromatic hydroxyl groups is 1. The van der Waals surface area contributed by atoms with Crippen LogP contribution in [-0.4, -0.2) is 17.5 Å². The van der Waals surface area contributed by atoms with E-state index in [0.717, 1.165) is 24.8 Å². The van der Waals surface area contributed by atoms with Crippen molar-refractivity contribution < 1.29 is 14.6 Å². The number of ether oxygens (including phenoxy) is 1. The van der Waals surface area contributed by atoms with E-state index in [1.54, 1.807) is 24.3 Å². The lowest BCUT2D eigenvalue weighted by molar-refractivity contribution is -0.114. The molecule has 0 aliphatic rings. The average molecular weight is 359 g/mol. The van der Waals surface area contributed by atoms with Crippen LogP contribution in [0.1, 0.15) is 77.2 Å². The summed E-state index contributed by atoms with van der Waals surface area (Å²) in [4.78, 5) is 11.8. The van der Waals surface area contributed by atoms with E-state index in [9.17, 15) is 9.90 Å². The molecule has 1 aromatic rings. The first-order chi connectivity index (χ1) is 12.7. The fraction of sp³-hybridized carbons (Fsp3) is 0.522. The van der Waals surface area contributed by atoms with Crippen LogP contribution in [0.15, 0.2) is 36.4 Å². The van der Waals surface area contributed by atoms with Gasteiger partial charge in [-0.05, 0) is 36.6 Å². The van der Waals surface area contributed by atoms with E-state index < -0.39 is 0 Å². The molecule has 0 fully saturated rings.